The third-order valence-corrected chi connectivity index (χ3v) is 5.73. The molecule has 0 radical (unpaired) electrons. The van der Waals surface area contributed by atoms with Crippen LogP contribution in [0, 0.1) is 0 Å². The molecule has 1 aliphatic heterocycles. The van der Waals surface area contributed by atoms with Crippen molar-refractivity contribution < 1.29 is 32.2 Å². The highest BCUT2D eigenvalue weighted by Crippen LogP contribution is 2.34. The van der Waals surface area contributed by atoms with Crippen LogP contribution in [0.1, 0.15) is 11.1 Å². The molecule has 0 spiro atoms. The number of thioether (sulfide) groups is 1. The van der Waals surface area contributed by atoms with Crippen LogP contribution in [0.5, 0.6) is 17.2 Å². The molecule has 1 amide bonds. The molecule has 0 saturated carbocycles. The zero-order valence-corrected chi connectivity index (χ0v) is 18.2. The summed E-state index contributed by atoms with van der Waals surface area (Å²) in [6.07, 6.45) is -2.71. The van der Waals surface area contributed by atoms with E-state index in [0.29, 0.717) is 20.7 Å². The number of carbonyl (C=O) groups is 1. The third-order valence-electron chi connectivity index (χ3n) is 4.24. The standard InChI is InChI=1S/C21H18F3NO4S2/c1-25-19(26)18(31-20(25)30)11-13-6-7-16(17(10-13)27-2)29-9-8-28-15-5-3-4-14(12-15)21(22,23)24/h3-7,10-12H,8-9H2,1-2H3/b18-11-. The number of amides is 1. The van der Waals surface area contributed by atoms with Crippen LogP contribution in [0.2, 0.25) is 0 Å². The maximum absolute atomic E-state index is 12.8. The molecular weight excluding hydrogens is 451 g/mol. The number of hydrogen-bond donors (Lipinski definition) is 0. The molecule has 0 unspecified atom stereocenters. The first kappa shape index (κ1) is 23.0. The van der Waals surface area contributed by atoms with E-state index in [4.69, 9.17) is 26.4 Å². The number of rotatable bonds is 7. The number of thiocarbonyl (C=S) groups is 1. The summed E-state index contributed by atoms with van der Waals surface area (Å²) in [6, 6.07) is 9.81. The molecule has 1 aliphatic rings. The van der Waals surface area contributed by atoms with Crippen LogP contribution >= 0.6 is 24.0 Å². The summed E-state index contributed by atoms with van der Waals surface area (Å²) in [7, 11) is 3.11. The minimum atomic E-state index is -4.43. The van der Waals surface area contributed by atoms with E-state index in [0.717, 1.165) is 17.7 Å². The summed E-state index contributed by atoms with van der Waals surface area (Å²) in [5.41, 5.74) is -0.0403. The predicted octanol–water partition coefficient (Wildman–Crippen LogP) is 5.00. The lowest BCUT2D eigenvalue weighted by molar-refractivity contribution is -0.137. The van der Waals surface area contributed by atoms with Crippen LogP contribution in [-0.2, 0) is 11.0 Å². The predicted molar refractivity (Wildman–Crippen MR) is 116 cm³/mol. The quantitative estimate of drug-likeness (QED) is 0.323. The number of ether oxygens (including phenoxy) is 3. The second kappa shape index (κ2) is 9.61. The minimum absolute atomic E-state index is 0.0468. The largest absolute Gasteiger partial charge is 0.493 e. The Hall–Kier alpha value is -2.72. The lowest BCUT2D eigenvalue weighted by Crippen LogP contribution is -2.22. The maximum Gasteiger partial charge on any atom is 0.416 e. The van der Waals surface area contributed by atoms with Crippen LogP contribution in [0.3, 0.4) is 0 Å². The highest BCUT2D eigenvalue weighted by atomic mass is 32.2. The highest BCUT2D eigenvalue weighted by Gasteiger charge is 2.30. The summed E-state index contributed by atoms with van der Waals surface area (Å²) in [5, 5.41) is 0. The lowest BCUT2D eigenvalue weighted by atomic mass is 10.2. The Morgan fingerprint density at radius 2 is 1.84 bits per heavy atom. The fraction of sp³-hybridized carbons (Fsp3) is 0.238. The maximum atomic E-state index is 12.8. The van der Waals surface area contributed by atoms with Crippen molar-refractivity contribution in [3.05, 3.63) is 58.5 Å². The Balaban J connectivity index is 1.60. The third kappa shape index (κ3) is 5.71. The molecule has 3 rings (SSSR count). The molecule has 0 bridgehead atoms. The Bertz CT molecular complexity index is 1020. The van der Waals surface area contributed by atoms with Gasteiger partial charge in [-0.2, -0.15) is 13.2 Å². The van der Waals surface area contributed by atoms with Gasteiger partial charge in [0, 0.05) is 7.05 Å². The first-order chi connectivity index (χ1) is 14.7. The van der Waals surface area contributed by atoms with Crippen LogP contribution < -0.4 is 14.2 Å². The van der Waals surface area contributed by atoms with Gasteiger partial charge in [-0.25, -0.2) is 0 Å². The molecule has 2 aromatic carbocycles. The van der Waals surface area contributed by atoms with E-state index < -0.39 is 11.7 Å². The fourth-order valence-electron chi connectivity index (χ4n) is 2.66. The molecule has 2 aromatic rings. The number of halogens is 3. The van der Waals surface area contributed by atoms with Gasteiger partial charge in [-0.1, -0.05) is 36.1 Å². The normalized spacial score (nSPS) is 15.5. The molecule has 31 heavy (non-hydrogen) atoms. The number of alkyl halides is 3. The lowest BCUT2D eigenvalue weighted by Gasteiger charge is -2.13. The van der Waals surface area contributed by atoms with Crippen LogP contribution in [0.4, 0.5) is 13.2 Å². The van der Waals surface area contributed by atoms with Gasteiger partial charge in [-0.15, -0.1) is 0 Å². The van der Waals surface area contributed by atoms with Gasteiger partial charge in [-0.05, 0) is 42.0 Å². The van der Waals surface area contributed by atoms with Crippen molar-refractivity contribution in [1.29, 1.82) is 0 Å². The Kier molecular flexibility index (Phi) is 7.11. The molecule has 0 atom stereocenters. The van der Waals surface area contributed by atoms with Crippen molar-refractivity contribution in [3.63, 3.8) is 0 Å². The Morgan fingerprint density at radius 1 is 1.10 bits per heavy atom. The Labute approximate surface area is 186 Å². The van der Waals surface area contributed by atoms with Gasteiger partial charge in [-0.3, -0.25) is 9.69 Å². The highest BCUT2D eigenvalue weighted by molar-refractivity contribution is 8.26. The second-order valence-electron chi connectivity index (χ2n) is 6.37. The number of carbonyl (C=O) groups excluding carboxylic acids is 1. The van der Waals surface area contributed by atoms with Crippen molar-refractivity contribution in [2.45, 2.75) is 6.18 Å². The number of benzene rings is 2. The van der Waals surface area contributed by atoms with E-state index in [9.17, 15) is 18.0 Å². The molecule has 0 aliphatic carbocycles. The number of methoxy groups -OCH3 is 1. The SMILES string of the molecule is COc1cc(/C=C2\SC(=S)N(C)C2=O)ccc1OCCOc1cccc(C(F)(F)F)c1. The average Bonchev–Trinajstić information content (AvgIpc) is 2.98. The first-order valence-corrected chi connectivity index (χ1v) is 10.2. The fourth-order valence-corrected chi connectivity index (χ4v) is 3.84. The molecule has 1 heterocycles. The smallest absolute Gasteiger partial charge is 0.416 e. The van der Waals surface area contributed by atoms with Crippen molar-refractivity contribution in [2.75, 3.05) is 27.4 Å². The van der Waals surface area contributed by atoms with Crippen molar-refractivity contribution >= 4 is 40.3 Å². The second-order valence-corrected chi connectivity index (χ2v) is 8.05. The van der Waals surface area contributed by atoms with E-state index in [1.165, 1.54) is 35.9 Å². The summed E-state index contributed by atoms with van der Waals surface area (Å²) in [5.74, 6) is 0.824. The minimum Gasteiger partial charge on any atom is -0.493 e. The van der Waals surface area contributed by atoms with E-state index >= 15 is 0 Å². The van der Waals surface area contributed by atoms with Crippen molar-refractivity contribution in [1.82, 2.24) is 4.90 Å². The molecule has 5 nitrogen and oxygen atoms in total. The monoisotopic (exact) mass is 469 g/mol. The van der Waals surface area contributed by atoms with Crippen LogP contribution in [0.15, 0.2) is 47.4 Å². The number of nitrogens with zero attached hydrogens (tertiary/aromatic N) is 1. The Morgan fingerprint density at radius 3 is 2.48 bits per heavy atom. The van der Waals surface area contributed by atoms with Gasteiger partial charge in [0.2, 0.25) is 0 Å². The van der Waals surface area contributed by atoms with E-state index in [1.54, 1.807) is 31.3 Å². The molecule has 164 valence electrons. The topological polar surface area (TPSA) is 48.0 Å². The van der Waals surface area contributed by atoms with Crippen molar-refractivity contribution in [2.24, 2.45) is 0 Å². The molecule has 10 heteroatoms. The molecule has 1 fully saturated rings. The molecular formula is C21H18F3NO4S2. The van der Waals surface area contributed by atoms with Gasteiger partial charge < -0.3 is 14.2 Å². The average molecular weight is 470 g/mol. The van der Waals surface area contributed by atoms with Crippen LogP contribution in [-0.4, -0.2) is 42.5 Å². The molecule has 0 N–H and O–H groups in total. The molecule has 0 aromatic heterocycles. The van der Waals surface area contributed by atoms with E-state index in [2.05, 4.69) is 0 Å². The molecule has 1 saturated heterocycles. The van der Waals surface area contributed by atoms with E-state index in [1.807, 2.05) is 0 Å². The zero-order chi connectivity index (χ0) is 22.6. The first-order valence-electron chi connectivity index (χ1n) is 9.01. The summed E-state index contributed by atoms with van der Waals surface area (Å²) >= 11 is 6.34. The summed E-state index contributed by atoms with van der Waals surface area (Å²) in [6.45, 7) is 0.144. The van der Waals surface area contributed by atoms with Gasteiger partial charge in [0.05, 0.1) is 17.6 Å². The number of hydrogen-bond acceptors (Lipinski definition) is 6. The zero-order valence-electron chi connectivity index (χ0n) is 16.6. The van der Waals surface area contributed by atoms with Gasteiger partial charge in [0.25, 0.3) is 5.91 Å². The van der Waals surface area contributed by atoms with Gasteiger partial charge in [0.15, 0.2) is 11.5 Å². The van der Waals surface area contributed by atoms with Crippen LogP contribution in [0.25, 0.3) is 6.08 Å². The van der Waals surface area contributed by atoms with Crippen molar-refractivity contribution in [3.8, 4) is 17.2 Å². The van der Waals surface area contributed by atoms with E-state index in [-0.39, 0.29) is 24.9 Å². The number of likely N-dealkylation sites (N-methyl/N-ethyl adjacent to an activating group) is 1. The summed E-state index contributed by atoms with van der Waals surface area (Å²) < 4.78 is 55.1. The van der Waals surface area contributed by atoms with Gasteiger partial charge in [0.1, 0.15) is 23.3 Å². The summed E-state index contributed by atoms with van der Waals surface area (Å²) in [4.78, 5) is 14.0. The van der Waals surface area contributed by atoms with Gasteiger partial charge >= 0.3 is 6.18 Å².